The van der Waals surface area contributed by atoms with Crippen LogP contribution in [0.1, 0.15) is 44.4 Å². The van der Waals surface area contributed by atoms with Gasteiger partial charge < -0.3 is 10.0 Å². The summed E-state index contributed by atoms with van der Waals surface area (Å²) in [6.45, 7) is 9.75. The molecule has 39 heavy (non-hydrogen) atoms. The number of hydrogen-bond acceptors (Lipinski definition) is 2. The van der Waals surface area contributed by atoms with Gasteiger partial charge in [-0.15, -0.1) is 0 Å². The molecule has 0 aliphatic carbocycles. The van der Waals surface area contributed by atoms with E-state index in [1.807, 2.05) is 24.3 Å². The third-order valence-corrected chi connectivity index (χ3v) is 8.00. The van der Waals surface area contributed by atoms with Crippen molar-refractivity contribution in [2.24, 2.45) is 0 Å². The van der Waals surface area contributed by atoms with Gasteiger partial charge in [0.15, 0.2) is 0 Å². The van der Waals surface area contributed by atoms with Crippen LogP contribution in [0, 0.1) is 0 Å². The zero-order valence-electron chi connectivity index (χ0n) is 23.2. The first-order valence-corrected chi connectivity index (χ1v) is 13.6. The molecular formula is C35H37N2O2+. The molecule has 0 saturated heterocycles. The van der Waals surface area contributed by atoms with E-state index >= 15 is 0 Å². The van der Waals surface area contributed by atoms with Crippen molar-refractivity contribution in [1.29, 1.82) is 0 Å². The molecule has 2 aliphatic heterocycles. The van der Waals surface area contributed by atoms with Crippen LogP contribution >= 0.6 is 0 Å². The van der Waals surface area contributed by atoms with E-state index in [1.165, 1.54) is 38.8 Å². The smallest absolute Gasteiger partial charge is 0.307 e. The number of fused-ring (bicyclic) bond motifs is 1. The zero-order chi connectivity index (χ0) is 27.6. The third kappa shape index (κ3) is 5.52. The Kier molecular flexibility index (Phi) is 7.40. The van der Waals surface area contributed by atoms with Gasteiger partial charge >= 0.3 is 5.97 Å². The molecule has 0 fully saturated rings. The molecule has 0 aromatic heterocycles. The number of benzene rings is 3. The van der Waals surface area contributed by atoms with E-state index < -0.39 is 5.97 Å². The quantitative estimate of drug-likeness (QED) is 0.370. The number of quaternary nitrogens is 1. The average Bonchev–Trinajstić information content (AvgIpc) is 3.14. The number of carboxylic acid groups (broad SMARTS) is 1. The predicted molar refractivity (Wildman–Crippen MR) is 158 cm³/mol. The number of para-hydroxylation sites is 2. The molecule has 2 N–H and O–H groups in total. The SMILES string of the molecule is CC1=CC(=C/C=C/C2[NH+](c3ccccc3)c3ccccc3C2(C)C)C=C(C)N1Cc1ccc(CC(=O)O)cc1. The molecule has 3 aromatic carbocycles. The summed E-state index contributed by atoms with van der Waals surface area (Å²) in [6, 6.07) is 27.7. The molecule has 0 spiro atoms. The number of allylic oxidation sites excluding steroid dienone is 7. The molecule has 2 aliphatic rings. The van der Waals surface area contributed by atoms with Crippen molar-refractivity contribution in [3.05, 3.63) is 143 Å². The van der Waals surface area contributed by atoms with E-state index in [-0.39, 0.29) is 17.9 Å². The van der Waals surface area contributed by atoms with Crippen LogP contribution < -0.4 is 4.90 Å². The summed E-state index contributed by atoms with van der Waals surface area (Å²) in [5.74, 6) is -0.806. The molecule has 2 unspecified atom stereocenters. The average molecular weight is 518 g/mol. The molecule has 5 rings (SSSR count). The Labute approximate surface area is 231 Å². The topological polar surface area (TPSA) is 45.0 Å². The van der Waals surface area contributed by atoms with Crippen LogP contribution in [0.15, 0.2) is 126 Å². The largest absolute Gasteiger partial charge is 0.481 e. The number of aliphatic carboxylic acids is 1. The number of rotatable bonds is 7. The summed E-state index contributed by atoms with van der Waals surface area (Å²) < 4.78 is 0. The standard InChI is InChI=1S/C35H36N2O2/c1-25-21-29(22-26(2)36(25)24-28-19-17-27(18-20-28)23-34(38)39)11-10-16-33-35(3,4)31-14-8-9-15-32(31)37(33)30-12-6-5-7-13-30/h5-22,33H,23-24H2,1-4H3,(H,38,39)/p+1/b16-10+. The summed E-state index contributed by atoms with van der Waals surface area (Å²) >= 11 is 0. The van der Waals surface area contributed by atoms with Crippen LogP contribution in [0.5, 0.6) is 0 Å². The summed E-state index contributed by atoms with van der Waals surface area (Å²) in [4.78, 5) is 14.7. The number of nitrogens with zero attached hydrogens (tertiary/aromatic N) is 1. The van der Waals surface area contributed by atoms with Gasteiger partial charge in [0.25, 0.3) is 0 Å². The fraction of sp³-hybridized carbons (Fsp3) is 0.229. The molecule has 2 heterocycles. The highest BCUT2D eigenvalue weighted by atomic mass is 16.4. The molecule has 0 amide bonds. The van der Waals surface area contributed by atoms with E-state index in [9.17, 15) is 4.79 Å². The fourth-order valence-electron chi connectivity index (χ4n) is 5.97. The van der Waals surface area contributed by atoms with E-state index in [2.05, 4.69) is 118 Å². The van der Waals surface area contributed by atoms with E-state index in [1.54, 1.807) is 0 Å². The maximum absolute atomic E-state index is 11.0. The lowest BCUT2D eigenvalue weighted by Gasteiger charge is -2.30. The Morgan fingerprint density at radius 2 is 1.51 bits per heavy atom. The van der Waals surface area contributed by atoms with Crippen molar-refractivity contribution in [3.8, 4) is 0 Å². The zero-order valence-corrected chi connectivity index (χ0v) is 23.2. The molecule has 0 radical (unpaired) electrons. The Morgan fingerprint density at radius 3 is 2.18 bits per heavy atom. The Balaban J connectivity index is 1.35. The molecule has 2 atom stereocenters. The number of hydrogen-bond donors (Lipinski definition) is 2. The lowest BCUT2D eigenvalue weighted by Crippen LogP contribution is -3.06. The second-order valence-corrected chi connectivity index (χ2v) is 11.1. The maximum atomic E-state index is 11.0. The Bertz CT molecular complexity index is 1450. The monoisotopic (exact) mass is 517 g/mol. The van der Waals surface area contributed by atoms with Gasteiger partial charge in [-0.3, -0.25) is 9.69 Å². The summed E-state index contributed by atoms with van der Waals surface area (Å²) in [7, 11) is 0. The minimum atomic E-state index is -0.806. The van der Waals surface area contributed by atoms with Crippen molar-refractivity contribution >= 4 is 17.3 Å². The molecule has 3 aromatic rings. The molecule has 4 heteroatoms. The summed E-state index contributed by atoms with van der Waals surface area (Å²) in [5, 5.41) is 9.01. The maximum Gasteiger partial charge on any atom is 0.307 e. The van der Waals surface area contributed by atoms with Crippen LogP contribution in [0.3, 0.4) is 0 Å². The first kappa shape index (κ1) is 26.5. The lowest BCUT2D eigenvalue weighted by atomic mass is 9.80. The predicted octanol–water partition coefficient (Wildman–Crippen LogP) is 6.63. The van der Waals surface area contributed by atoms with Gasteiger partial charge in [0, 0.05) is 23.5 Å². The van der Waals surface area contributed by atoms with Crippen molar-refractivity contribution in [3.63, 3.8) is 0 Å². The second-order valence-electron chi connectivity index (χ2n) is 11.1. The normalized spacial score (nSPS) is 20.0. The van der Waals surface area contributed by atoms with E-state index in [0.29, 0.717) is 0 Å². The molecule has 198 valence electrons. The summed E-state index contributed by atoms with van der Waals surface area (Å²) in [6.07, 6.45) is 11.3. The van der Waals surface area contributed by atoms with Crippen LogP contribution in [0.25, 0.3) is 0 Å². The Hall–Kier alpha value is -4.15. The number of carboxylic acids is 1. The Morgan fingerprint density at radius 1 is 0.897 bits per heavy atom. The molecule has 4 nitrogen and oxygen atoms in total. The van der Waals surface area contributed by atoms with Gasteiger partial charge in [0.1, 0.15) is 17.4 Å². The van der Waals surface area contributed by atoms with Crippen molar-refractivity contribution in [2.45, 2.75) is 52.1 Å². The highest BCUT2D eigenvalue weighted by Gasteiger charge is 2.48. The van der Waals surface area contributed by atoms with Gasteiger partial charge in [0.05, 0.1) is 11.8 Å². The van der Waals surface area contributed by atoms with Gasteiger partial charge in [0.2, 0.25) is 0 Å². The van der Waals surface area contributed by atoms with Gasteiger partial charge in [-0.1, -0.05) is 72.8 Å². The number of nitrogens with one attached hydrogen (secondary N) is 1. The third-order valence-electron chi connectivity index (χ3n) is 8.00. The van der Waals surface area contributed by atoms with Crippen LogP contribution in [0.4, 0.5) is 11.4 Å². The second kappa shape index (κ2) is 10.9. The van der Waals surface area contributed by atoms with Crippen LogP contribution in [0.2, 0.25) is 0 Å². The van der Waals surface area contributed by atoms with Crippen molar-refractivity contribution in [1.82, 2.24) is 4.90 Å². The molecule has 0 bridgehead atoms. The van der Waals surface area contributed by atoms with Gasteiger partial charge in [-0.2, -0.15) is 0 Å². The highest BCUT2D eigenvalue weighted by Crippen LogP contribution is 2.38. The van der Waals surface area contributed by atoms with Crippen LogP contribution in [-0.4, -0.2) is 22.0 Å². The first-order valence-electron chi connectivity index (χ1n) is 13.6. The van der Waals surface area contributed by atoms with Gasteiger partial charge in [-0.05, 0) is 80.8 Å². The first-order chi connectivity index (χ1) is 18.7. The minimum Gasteiger partial charge on any atom is -0.481 e. The minimum absolute atomic E-state index is 0.00232. The van der Waals surface area contributed by atoms with E-state index in [0.717, 1.165) is 17.7 Å². The van der Waals surface area contributed by atoms with Crippen molar-refractivity contribution in [2.75, 3.05) is 0 Å². The van der Waals surface area contributed by atoms with E-state index in [4.69, 9.17) is 5.11 Å². The molecular weight excluding hydrogens is 480 g/mol. The molecule has 0 saturated carbocycles. The fourth-order valence-corrected chi connectivity index (χ4v) is 5.97. The number of carbonyl (C=O) groups is 1. The van der Waals surface area contributed by atoms with Crippen molar-refractivity contribution < 1.29 is 14.8 Å². The highest BCUT2D eigenvalue weighted by molar-refractivity contribution is 5.70. The lowest BCUT2D eigenvalue weighted by molar-refractivity contribution is -0.780. The van der Waals surface area contributed by atoms with Gasteiger partial charge in [-0.25, -0.2) is 0 Å². The van der Waals surface area contributed by atoms with Crippen LogP contribution in [-0.2, 0) is 23.2 Å². The summed E-state index contributed by atoms with van der Waals surface area (Å²) in [5.41, 5.74) is 9.58.